The summed E-state index contributed by atoms with van der Waals surface area (Å²) in [5.41, 5.74) is 0.347. The fourth-order valence-corrected chi connectivity index (χ4v) is 2.87. The molecule has 0 aliphatic rings. The van der Waals surface area contributed by atoms with Crippen LogP contribution in [0.1, 0.15) is 5.56 Å². The second kappa shape index (κ2) is 7.35. The summed E-state index contributed by atoms with van der Waals surface area (Å²) in [6.07, 6.45) is 1.30. The van der Waals surface area contributed by atoms with Gasteiger partial charge in [0, 0.05) is 24.2 Å². The number of amides is 1. The number of carbonyl (C=O) groups excluding carboxylic acids is 1. The summed E-state index contributed by atoms with van der Waals surface area (Å²) in [5, 5.41) is 4.37. The van der Waals surface area contributed by atoms with Crippen LogP contribution in [-0.4, -0.2) is 15.5 Å². The molecule has 1 amide bonds. The van der Waals surface area contributed by atoms with Gasteiger partial charge in [-0.05, 0) is 17.5 Å². The first kappa shape index (κ1) is 17.0. The third-order valence-corrected chi connectivity index (χ3v) is 4.35. The Morgan fingerprint density at radius 3 is 2.76 bits per heavy atom. The average molecular weight is 361 g/mol. The average Bonchev–Trinajstić information content (AvgIpc) is 3.10. The van der Waals surface area contributed by atoms with E-state index in [4.69, 9.17) is 0 Å². The third-order valence-electron chi connectivity index (χ3n) is 3.46. The van der Waals surface area contributed by atoms with Crippen LogP contribution in [0.5, 0.6) is 0 Å². The molecule has 8 heteroatoms. The third kappa shape index (κ3) is 4.16. The highest BCUT2D eigenvalue weighted by Crippen LogP contribution is 2.20. The minimum Gasteiger partial charge on any atom is -0.350 e. The number of aromatic nitrogens is 2. The summed E-state index contributed by atoms with van der Waals surface area (Å²) in [6.45, 7) is -0.334. The maximum absolute atomic E-state index is 13.5. The number of benzene rings is 1. The zero-order valence-corrected chi connectivity index (χ0v) is 13.7. The highest BCUT2D eigenvalue weighted by Gasteiger charge is 2.09. The molecule has 0 unspecified atom stereocenters. The lowest BCUT2D eigenvalue weighted by Crippen LogP contribution is -2.32. The van der Waals surface area contributed by atoms with Crippen molar-refractivity contribution in [2.75, 3.05) is 0 Å². The fraction of sp³-hybridized carbons (Fsp3) is 0.118. The fourth-order valence-electron chi connectivity index (χ4n) is 2.17. The van der Waals surface area contributed by atoms with E-state index in [0.717, 1.165) is 21.6 Å². The second-order valence-corrected chi connectivity index (χ2v) is 6.18. The standard InChI is InChI=1S/C17H13F2N3O2S/c18-12-4-3-11(13(19)6-12)8-20-16(23)9-22-10-21-14(7-17(22)24)15-2-1-5-25-15/h1-7,10H,8-9H2,(H,20,23). The summed E-state index contributed by atoms with van der Waals surface area (Å²) < 4.78 is 27.5. The summed E-state index contributed by atoms with van der Waals surface area (Å²) in [5.74, 6) is -1.90. The Balaban J connectivity index is 1.64. The van der Waals surface area contributed by atoms with Gasteiger partial charge in [-0.2, -0.15) is 0 Å². The second-order valence-electron chi connectivity index (χ2n) is 5.23. The van der Waals surface area contributed by atoms with Crippen molar-refractivity contribution in [2.24, 2.45) is 0 Å². The summed E-state index contributed by atoms with van der Waals surface area (Å²) >= 11 is 1.46. The Hall–Kier alpha value is -2.87. The molecular formula is C17H13F2N3O2S. The van der Waals surface area contributed by atoms with E-state index in [9.17, 15) is 18.4 Å². The van der Waals surface area contributed by atoms with Gasteiger partial charge in [0.1, 0.15) is 18.2 Å². The van der Waals surface area contributed by atoms with E-state index in [-0.39, 0.29) is 24.2 Å². The number of halogens is 2. The predicted octanol–water partition coefficient (Wildman–Crippen LogP) is 2.57. The first-order valence-corrected chi connectivity index (χ1v) is 8.22. The van der Waals surface area contributed by atoms with Gasteiger partial charge in [-0.3, -0.25) is 14.2 Å². The lowest BCUT2D eigenvalue weighted by molar-refractivity contribution is -0.121. The molecule has 0 radical (unpaired) electrons. The maximum atomic E-state index is 13.5. The first-order valence-electron chi connectivity index (χ1n) is 7.34. The van der Waals surface area contributed by atoms with Crippen LogP contribution in [0.4, 0.5) is 8.78 Å². The molecule has 0 spiro atoms. The van der Waals surface area contributed by atoms with E-state index < -0.39 is 17.5 Å². The molecule has 128 valence electrons. The minimum absolute atomic E-state index is 0.0968. The van der Waals surface area contributed by atoms with Crippen LogP contribution in [0, 0.1) is 11.6 Å². The Morgan fingerprint density at radius 1 is 1.24 bits per heavy atom. The van der Waals surface area contributed by atoms with E-state index in [1.165, 1.54) is 29.8 Å². The van der Waals surface area contributed by atoms with Crippen molar-refractivity contribution in [1.82, 2.24) is 14.9 Å². The number of carbonyl (C=O) groups is 1. The van der Waals surface area contributed by atoms with Crippen LogP contribution in [0.25, 0.3) is 10.6 Å². The van der Waals surface area contributed by atoms with Crippen LogP contribution in [-0.2, 0) is 17.9 Å². The normalized spacial score (nSPS) is 10.6. The van der Waals surface area contributed by atoms with Gasteiger partial charge in [0.25, 0.3) is 5.56 Å². The van der Waals surface area contributed by atoms with Crippen LogP contribution < -0.4 is 10.9 Å². The van der Waals surface area contributed by atoms with Crippen molar-refractivity contribution in [1.29, 1.82) is 0 Å². The minimum atomic E-state index is -0.737. The molecule has 25 heavy (non-hydrogen) atoms. The first-order chi connectivity index (χ1) is 12.0. The molecule has 0 aliphatic carbocycles. The Bertz CT molecular complexity index is 955. The Morgan fingerprint density at radius 2 is 2.08 bits per heavy atom. The number of nitrogens with zero attached hydrogens (tertiary/aromatic N) is 2. The summed E-state index contributed by atoms with van der Waals surface area (Å²) in [7, 11) is 0. The van der Waals surface area contributed by atoms with E-state index in [1.807, 2.05) is 17.5 Å². The van der Waals surface area contributed by atoms with Gasteiger partial charge in [0.05, 0.1) is 16.9 Å². The zero-order chi connectivity index (χ0) is 17.8. The summed E-state index contributed by atoms with van der Waals surface area (Å²) in [4.78, 5) is 29.0. The number of nitrogens with one attached hydrogen (secondary N) is 1. The molecular weight excluding hydrogens is 348 g/mol. The van der Waals surface area contributed by atoms with Gasteiger partial charge in [0.2, 0.25) is 5.91 Å². The van der Waals surface area contributed by atoms with Crippen LogP contribution in [0.2, 0.25) is 0 Å². The van der Waals surface area contributed by atoms with E-state index in [2.05, 4.69) is 10.3 Å². The highest BCUT2D eigenvalue weighted by atomic mass is 32.1. The van der Waals surface area contributed by atoms with Gasteiger partial charge in [-0.1, -0.05) is 12.1 Å². The number of hydrogen-bond acceptors (Lipinski definition) is 4. The molecule has 2 heterocycles. The maximum Gasteiger partial charge on any atom is 0.254 e. The van der Waals surface area contributed by atoms with Gasteiger partial charge < -0.3 is 5.32 Å². The molecule has 0 saturated carbocycles. The van der Waals surface area contributed by atoms with Crippen molar-refractivity contribution < 1.29 is 13.6 Å². The molecule has 0 fully saturated rings. The molecule has 1 aromatic carbocycles. The molecule has 0 saturated heterocycles. The SMILES string of the molecule is O=C(Cn1cnc(-c2cccs2)cc1=O)NCc1ccc(F)cc1F. The van der Waals surface area contributed by atoms with Gasteiger partial charge in [-0.15, -0.1) is 11.3 Å². The smallest absolute Gasteiger partial charge is 0.254 e. The molecule has 3 aromatic rings. The number of rotatable bonds is 5. The zero-order valence-electron chi connectivity index (χ0n) is 12.9. The van der Waals surface area contributed by atoms with E-state index in [1.54, 1.807) is 0 Å². The highest BCUT2D eigenvalue weighted by molar-refractivity contribution is 7.13. The van der Waals surface area contributed by atoms with Crippen molar-refractivity contribution in [3.8, 4) is 10.6 Å². The van der Waals surface area contributed by atoms with Crippen molar-refractivity contribution >= 4 is 17.2 Å². The van der Waals surface area contributed by atoms with Gasteiger partial charge >= 0.3 is 0 Å². The molecule has 0 bridgehead atoms. The van der Waals surface area contributed by atoms with Crippen LogP contribution >= 0.6 is 11.3 Å². The largest absolute Gasteiger partial charge is 0.350 e. The van der Waals surface area contributed by atoms with Crippen molar-refractivity contribution in [3.63, 3.8) is 0 Å². The molecule has 2 aromatic heterocycles. The molecule has 0 atom stereocenters. The van der Waals surface area contributed by atoms with Crippen LogP contribution in [0.15, 0.2) is 52.9 Å². The van der Waals surface area contributed by atoms with Crippen LogP contribution in [0.3, 0.4) is 0 Å². The molecule has 1 N–H and O–H groups in total. The Kier molecular flexibility index (Phi) is 4.99. The summed E-state index contributed by atoms with van der Waals surface area (Å²) in [6, 6.07) is 8.19. The van der Waals surface area contributed by atoms with Crippen molar-refractivity contribution in [2.45, 2.75) is 13.1 Å². The van der Waals surface area contributed by atoms with E-state index >= 15 is 0 Å². The van der Waals surface area contributed by atoms with Crippen molar-refractivity contribution in [3.05, 3.63) is 75.7 Å². The number of hydrogen-bond donors (Lipinski definition) is 1. The number of thiophene rings is 1. The lowest BCUT2D eigenvalue weighted by Gasteiger charge is -2.08. The molecule has 5 nitrogen and oxygen atoms in total. The molecule has 0 aliphatic heterocycles. The van der Waals surface area contributed by atoms with Gasteiger partial charge in [0.15, 0.2) is 0 Å². The van der Waals surface area contributed by atoms with E-state index in [0.29, 0.717) is 5.69 Å². The quantitative estimate of drug-likeness (QED) is 0.760. The lowest BCUT2D eigenvalue weighted by atomic mass is 10.2. The van der Waals surface area contributed by atoms with Gasteiger partial charge in [-0.25, -0.2) is 13.8 Å². The monoisotopic (exact) mass is 361 g/mol. The topological polar surface area (TPSA) is 64.0 Å². The molecule has 3 rings (SSSR count). The Labute approximate surface area is 145 Å². The predicted molar refractivity (Wildman–Crippen MR) is 90.0 cm³/mol.